The minimum absolute atomic E-state index is 0.0665. The van der Waals surface area contributed by atoms with Crippen molar-refractivity contribution in [2.24, 2.45) is 5.92 Å². The number of carbonyl (C=O) groups excluding carboxylic acids is 1. The van der Waals surface area contributed by atoms with Crippen LogP contribution in [0.2, 0.25) is 0 Å². The first-order chi connectivity index (χ1) is 14.6. The fourth-order valence-electron chi connectivity index (χ4n) is 4.20. The third-order valence-corrected chi connectivity index (χ3v) is 5.99. The summed E-state index contributed by atoms with van der Waals surface area (Å²) in [4.78, 5) is 19.8. The van der Waals surface area contributed by atoms with Crippen LogP contribution in [0.3, 0.4) is 0 Å². The van der Waals surface area contributed by atoms with Crippen LogP contribution < -0.4 is 5.32 Å². The molecule has 1 N–H and O–H groups in total. The minimum atomic E-state index is -0.0665. The van der Waals surface area contributed by atoms with Crippen molar-refractivity contribution < 1.29 is 4.79 Å². The SMILES string of the molecule is CC(C)n1nc(C(=O)NCC2CCN(CCc3ccccn3)CC2)c2ccccc21. The van der Waals surface area contributed by atoms with Crippen molar-refractivity contribution in [3.8, 4) is 0 Å². The van der Waals surface area contributed by atoms with Crippen LogP contribution in [0, 0.1) is 5.92 Å². The van der Waals surface area contributed by atoms with E-state index in [4.69, 9.17) is 0 Å². The smallest absolute Gasteiger partial charge is 0.272 e. The van der Waals surface area contributed by atoms with Gasteiger partial charge < -0.3 is 10.2 Å². The molecule has 0 aliphatic carbocycles. The normalized spacial score (nSPS) is 15.7. The lowest BCUT2D eigenvalue weighted by atomic mass is 9.96. The summed E-state index contributed by atoms with van der Waals surface area (Å²) < 4.78 is 1.93. The molecular formula is C24H31N5O. The van der Waals surface area contributed by atoms with Gasteiger partial charge in [0.25, 0.3) is 5.91 Å². The summed E-state index contributed by atoms with van der Waals surface area (Å²) in [5.41, 5.74) is 2.70. The van der Waals surface area contributed by atoms with Crippen LogP contribution in [0.1, 0.15) is 48.9 Å². The van der Waals surface area contributed by atoms with Crippen molar-refractivity contribution >= 4 is 16.8 Å². The van der Waals surface area contributed by atoms with E-state index in [0.29, 0.717) is 11.6 Å². The molecule has 0 bridgehead atoms. The van der Waals surface area contributed by atoms with Crippen molar-refractivity contribution in [2.45, 2.75) is 39.2 Å². The Hall–Kier alpha value is -2.73. The quantitative estimate of drug-likeness (QED) is 0.651. The first-order valence-electron chi connectivity index (χ1n) is 11.0. The number of carbonyl (C=O) groups is 1. The van der Waals surface area contributed by atoms with E-state index in [1.807, 2.05) is 47.3 Å². The van der Waals surface area contributed by atoms with Gasteiger partial charge in [-0.25, -0.2) is 0 Å². The van der Waals surface area contributed by atoms with Crippen LogP contribution in [-0.4, -0.2) is 51.8 Å². The van der Waals surface area contributed by atoms with Crippen molar-refractivity contribution in [1.82, 2.24) is 25.0 Å². The fraction of sp³-hybridized carbons (Fsp3) is 0.458. The number of aromatic nitrogens is 3. The van der Waals surface area contributed by atoms with Gasteiger partial charge in [0.15, 0.2) is 5.69 Å². The highest BCUT2D eigenvalue weighted by Gasteiger charge is 2.22. The number of rotatable bonds is 7. The van der Waals surface area contributed by atoms with Gasteiger partial charge >= 0.3 is 0 Å². The van der Waals surface area contributed by atoms with E-state index in [2.05, 4.69) is 40.2 Å². The summed E-state index contributed by atoms with van der Waals surface area (Å²) in [6, 6.07) is 14.3. The molecular weight excluding hydrogens is 374 g/mol. The van der Waals surface area contributed by atoms with Crippen LogP contribution >= 0.6 is 0 Å². The Morgan fingerprint density at radius 2 is 1.90 bits per heavy atom. The summed E-state index contributed by atoms with van der Waals surface area (Å²) in [6.07, 6.45) is 5.08. The lowest BCUT2D eigenvalue weighted by molar-refractivity contribution is 0.0932. The highest BCUT2D eigenvalue weighted by Crippen LogP contribution is 2.22. The van der Waals surface area contributed by atoms with Crippen molar-refractivity contribution in [1.29, 1.82) is 0 Å². The van der Waals surface area contributed by atoms with E-state index in [1.54, 1.807) is 0 Å². The molecule has 1 saturated heterocycles. The van der Waals surface area contributed by atoms with Gasteiger partial charge in [-0.1, -0.05) is 24.3 Å². The molecule has 6 nitrogen and oxygen atoms in total. The average molecular weight is 406 g/mol. The number of fused-ring (bicyclic) bond motifs is 1. The predicted octanol–water partition coefficient (Wildman–Crippen LogP) is 3.70. The monoisotopic (exact) mass is 405 g/mol. The summed E-state index contributed by atoms with van der Waals surface area (Å²) in [7, 11) is 0. The maximum Gasteiger partial charge on any atom is 0.272 e. The highest BCUT2D eigenvalue weighted by atomic mass is 16.1. The molecule has 3 heterocycles. The number of hydrogen-bond acceptors (Lipinski definition) is 4. The number of benzene rings is 1. The second kappa shape index (κ2) is 9.39. The predicted molar refractivity (Wildman–Crippen MR) is 120 cm³/mol. The molecule has 1 amide bonds. The zero-order valence-corrected chi connectivity index (χ0v) is 17.9. The zero-order chi connectivity index (χ0) is 20.9. The summed E-state index contributed by atoms with van der Waals surface area (Å²) in [5.74, 6) is 0.460. The number of nitrogens with zero attached hydrogens (tertiary/aromatic N) is 4. The molecule has 2 aromatic heterocycles. The fourth-order valence-corrected chi connectivity index (χ4v) is 4.20. The Morgan fingerprint density at radius 1 is 1.13 bits per heavy atom. The summed E-state index contributed by atoms with van der Waals surface area (Å²) in [6.45, 7) is 8.10. The molecule has 4 rings (SSSR count). The Balaban J connectivity index is 1.28. The molecule has 0 saturated carbocycles. The topological polar surface area (TPSA) is 63.1 Å². The molecule has 3 aromatic rings. The number of pyridine rings is 1. The standard InChI is InChI=1S/C24H31N5O/c1-18(2)29-22-9-4-3-8-21(22)23(27-29)24(30)26-17-19-10-14-28(15-11-19)16-12-20-7-5-6-13-25-20/h3-9,13,18-19H,10-12,14-17H2,1-2H3,(H,26,30). The van der Waals surface area contributed by atoms with Crippen LogP contribution in [-0.2, 0) is 6.42 Å². The van der Waals surface area contributed by atoms with Gasteiger partial charge in [-0.3, -0.25) is 14.5 Å². The Bertz CT molecular complexity index is 974. The zero-order valence-electron chi connectivity index (χ0n) is 17.9. The molecule has 1 aliphatic rings. The molecule has 0 unspecified atom stereocenters. The molecule has 0 atom stereocenters. The number of likely N-dealkylation sites (tertiary alicyclic amines) is 1. The Labute approximate surface area is 178 Å². The van der Waals surface area contributed by atoms with Gasteiger partial charge in [-0.05, 0) is 63.9 Å². The first kappa shape index (κ1) is 20.5. The maximum atomic E-state index is 12.9. The van der Waals surface area contributed by atoms with Crippen molar-refractivity contribution in [3.05, 3.63) is 60.0 Å². The average Bonchev–Trinajstić information content (AvgIpc) is 3.18. The Morgan fingerprint density at radius 3 is 2.63 bits per heavy atom. The van der Waals surface area contributed by atoms with Crippen LogP contribution in [0.15, 0.2) is 48.7 Å². The summed E-state index contributed by atoms with van der Waals surface area (Å²) in [5, 5.41) is 8.67. The van der Waals surface area contributed by atoms with E-state index in [-0.39, 0.29) is 11.9 Å². The third-order valence-electron chi connectivity index (χ3n) is 5.99. The molecule has 0 spiro atoms. The largest absolute Gasteiger partial charge is 0.350 e. The van der Waals surface area contributed by atoms with Gasteiger partial charge in [0.05, 0.1) is 5.52 Å². The van der Waals surface area contributed by atoms with E-state index in [1.165, 1.54) is 0 Å². The lowest BCUT2D eigenvalue weighted by Crippen LogP contribution is -2.39. The van der Waals surface area contributed by atoms with E-state index in [0.717, 1.165) is 62.0 Å². The lowest BCUT2D eigenvalue weighted by Gasteiger charge is -2.31. The first-order valence-corrected chi connectivity index (χ1v) is 11.0. The second-order valence-electron chi connectivity index (χ2n) is 8.47. The van der Waals surface area contributed by atoms with Crippen molar-refractivity contribution in [3.63, 3.8) is 0 Å². The van der Waals surface area contributed by atoms with Crippen molar-refractivity contribution in [2.75, 3.05) is 26.2 Å². The number of nitrogens with one attached hydrogen (secondary N) is 1. The molecule has 1 fully saturated rings. The summed E-state index contributed by atoms with van der Waals surface area (Å²) >= 11 is 0. The minimum Gasteiger partial charge on any atom is -0.350 e. The molecule has 6 heteroatoms. The maximum absolute atomic E-state index is 12.9. The van der Waals surface area contributed by atoms with Gasteiger partial charge in [-0.15, -0.1) is 0 Å². The molecule has 1 aromatic carbocycles. The molecule has 158 valence electrons. The van der Waals surface area contributed by atoms with Gasteiger partial charge in [0, 0.05) is 42.8 Å². The van der Waals surface area contributed by atoms with Gasteiger partial charge in [-0.2, -0.15) is 5.10 Å². The number of amides is 1. The second-order valence-corrected chi connectivity index (χ2v) is 8.47. The van der Waals surface area contributed by atoms with E-state index < -0.39 is 0 Å². The van der Waals surface area contributed by atoms with Crippen LogP contribution in [0.25, 0.3) is 10.9 Å². The molecule has 0 radical (unpaired) electrons. The van der Waals surface area contributed by atoms with Crippen LogP contribution in [0.5, 0.6) is 0 Å². The Kier molecular flexibility index (Phi) is 6.43. The van der Waals surface area contributed by atoms with Gasteiger partial charge in [0.2, 0.25) is 0 Å². The van der Waals surface area contributed by atoms with Crippen LogP contribution in [0.4, 0.5) is 0 Å². The van der Waals surface area contributed by atoms with E-state index >= 15 is 0 Å². The highest BCUT2D eigenvalue weighted by molar-refractivity contribution is 6.04. The number of hydrogen-bond donors (Lipinski definition) is 1. The number of piperidine rings is 1. The van der Waals surface area contributed by atoms with Gasteiger partial charge in [0.1, 0.15) is 0 Å². The van der Waals surface area contributed by atoms with E-state index in [9.17, 15) is 4.79 Å². The molecule has 1 aliphatic heterocycles. The third kappa shape index (κ3) is 4.70. The number of para-hydroxylation sites is 1. The molecule has 30 heavy (non-hydrogen) atoms.